The van der Waals surface area contributed by atoms with E-state index in [1.54, 1.807) is 5.57 Å². The number of aliphatic hydroxyl groups is 1. The number of ether oxygens (including phenoxy) is 1. The van der Waals surface area contributed by atoms with Gasteiger partial charge in [-0.3, -0.25) is 0 Å². The summed E-state index contributed by atoms with van der Waals surface area (Å²) in [6, 6.07) is 0. The van der Waals surface area contributed by atoms with E-state index in [-0.39, 0.29) is 6.10 Å². The summed E-state index contributed by atoms with van der Waals surface area (Å²) in [5, 5.41) is 11.0. The van der Waals surface area contributed by atoms with Crippen LogP contribution in [0.2, 0.25) is 0 Å². The van der Waals surface area contributed by atoms with Gasteiger partial charge in [0.1, 0.15) is 0 Å². The van der Waals surface area contributed by atoms with E-state index >= 15 is 0 Å². The summed E-state index contributed by atoms with van der Waals surface area (Å²) in [5.74, 6) is 4.42. The SMILES string of the molecule is CO[C@H]1CC[C@@]2(C)C(=CC[C@@H]3[C@@H]4CC[C@H]([C@H](C)[C@H](O)CCC(C)C)[C@@]4(C)CC[C@@H]32)C1. The fraction of sp³-hybridized carbons (Fsp3) is 0.929. The molecule has 0 aliphatic heterocycles. The first-order valence-corrected chi connectivity index (χ1v) is 13.1. The lowest BCUT2D eigenvalue weighted by Gasteiger charge is -2.58. The number of fused-ring (bicyclic) bond motifs is 5. The predicted molar refractivity (Wildman–Crippen MR) is 125 cm³/mol. The molecule has 0 saturated heterocycles. The molecular weight excluding hydrogens is 368 g/mol. The average molecular weight is 417 g/mol. The smallest absolute Gasteiger partial charge is 0.0608 e. The molecule has 0 unspecified atom stereocenters. The summed E-state index contributed by atoms with van der Waals surface area (Å²) in [4.78, 5) is 0. The third-order valence-electron chi connectivity index (χ3n) is 10.7. The largest absolute Gasteiger partial charge is 0.393 e. The maximum atomic E-state index is 11.0. The lowest BCUT2D eigenvalue weighted by molar-refractivity contribution is -0.0701. The number of methoxy groups -OCH3 is 1. The Morgan fingerprint density at radius 3 is 2.50 bits per heavy atom. The van der Waals surface area contributed by atoms with E-state index in [0.717, 1.165) is 30.6 Å². The molecule has 0 heterocycles. The molecule has 4 aliphatic carbocycles. The van der Waals surface area contributed by atoms with Gasteiger partial charge in [0.25, 0.3) is 0 Å². The van der Waals surface area contributed by atoms with E-state index in [1.807, 2.05) is 7.11 Å². The van der Waals surface area contributed by atoms with Gasteiger partial charge in [0.05, 0.1) is 12.2 Å². The maximum Gasteiger partial charge on any atom is 0.0608 e. The summed E-state index contributed by atoms with van der Waals surface area (Å²) < 4.78 is 5.74. The second-order valence-corrected chi connectivity index (χ2v) is 12.5. The third-order valence-corrected chi connectivity index (χ3v) is 10.7. The molecular formula is C28H48O2. The Morgan fingerprint density at radius 1 is 1.03 bits per heavy atom. The lowest BCUT2D eigenvalue weighted by Crippen LogP contribution is -2.51. The first-order chi connectivity index (χ1) is 14.2. The fourth-order valence-corrected chi connectivity index (χ4v) is 8.77. The van der Waals surface area contributed by atoms with Crippen LogP contribution in [0.5, 0.6) is 0 Å². The Kier molecular flexibility index (Phi) is 6.50. The van der Waals surface area contributed by atoms with Gasteiger partial charge in [-0.15, -0.1) is 0 Å². The van der Waals surface area contributed by atoms with Crippen LogP contribution in [0.15, 0.2) is 11.6 Å². The first kappa shape index (κ1) is 22.8. The van der Waals surface area contributed by atoms with Crippen molar-refractivity contribution in [3.8, 4) is 0 Å². The monoisotopic (exact) mass is 416 g/mol. The Labute approximate surface area is 186 Å². The fourth-order valence-electron chi connectivity index (χ4n) is 8.77. The van der Waals surface area contributed by atoms with Crippen molar-refractivity contribution in [2.45, 2.75) is 111 Å². The van der Waals surface area contributed by atoms with Crippen molar-refractivity contribution in [2.75, 3.05) is 7.11 Å². The van der Waals surface area contributed by atoms with Crippen LogP contribution in [-0.4, -0.2) is 24.4 Å². The van der Waals surface area contributed by atoms with Crippen molar-refractivity contribution >= 4 is 0 Å². The van der Waals surface area contributed by atoms with Gasteiger partial charge < -0.3 is 9.84 Å². The Balaban J connectivity index is 1.50. The molecule has 0 radical (unpaired) electrons. The third kappa shape index (κ3) is 3.72. The molecule has 0 amide bonds. The molecule has 4 aliphatic rings. The highest BCUT2D eigenvalue weighted by Crippen LogP contribution is 2.67. The minimum Gasteiger partial charge on any atom is -0.393 e. The molecule has 172 valence electrons. The summed E-state index contributed by atoms with van der Waals surface area (Å²) >= 11 is 0. The van der Waals surface area contributed by atoms with Crippen molar-refractivity contribution in [3.63, 3.8) is 0 Å². The topological polar surface area (TPSA) is 29.5 Å². The number of aliphatic hydroxyl groups excluding tert-OH is 1. The van der Waals surface area contributed by atoms with Crippen molar-refractivity contribution in [2.24, 2.45) is 46.3 Å². The number of hydrogen-bond acceptors (Lipinski definition) is 2. The van der Waals surface area contributed by atoms with Gasteiger partial charge in [-0.2, -0.15) is 0 Å². The molecule has 4 rings (SSSR count). The van der Waals surface area contributed by atoms with Gasteiger partial charge in [0.2, 0.25) is 0 Å². The molecule has 3 fully saturated rings. The minimum atomic E-state index is -0.120. The quantitative estimate of drug-likeness (QED) is 0.472. The highest BCUT2D eigenvalue weighted by Gasteiger charge is 2.59. The van der Waals surface area contributed by atoms with Gasteiger partial charge in [-0.05, 0) is 111 Å². The molecule has 9 atom stereocenters. The predicted octanol–water partition coefficient (Wildman–Crippen LogP) is 7.01. The van der Waals surface area contributed by atoms with E-state index in [0.29, 0.717) is 34.7 Å². The lowest BCUT2D eigenvalue weighted by atomic mass is 9.47. The second kappa shape index (κ2) is 8.54. The second-order valence-electron chi connectivity index (χ2n) is 12.5. The van der Waals surface area contributed by atoms with Crippen LogP contribution < -0.4 is 0 Å². The van der Waals surface area contributed by atoms with Crippen molar-refractivity contribution in [3.05, 3.63) is 11.6 Å². The Morgan fingerprint density at radius 2 is 1.80 bits per heavy atom. The van der Waals surface area contributed by atoms with E-state index in [1.165, 1.54) is 51.4 Å². The van der Waals surface area contributed by atoms with Crippen LogP contribution in [0.25, 0.3) is 0 Å². The van der Waals surface area contributed by atoms with Gasteiger partial charge in [-0.25, -0.2) is 0 Å². The van der Waals surface area contributed by atoms with Crippen molar-refractivity contribution in [1.82, 2.24) is 0 Å². The summed E-state index contributed by atoms with van der Waals surface area (Å²) in [6.07, 6.45) is 15.6. The van der Waals surface area contributed by atoms with E-state index in [2.05, 4.69) is 40.7 Å². The molecule has 0 aromatic rings. The summed E-state index contributed by atoms with van der Waals surface area (Å²) in [6.45, 7) is 12.1. The van der Waals surface area contributed by atoms with Gasteiger partial charge >= 0.3 is 0 Å². The Bertz CT molecular complexity index is 639. The van der Waals surface area contributed by atoms with Crippen LogP contribution in [0.4, 0.5) is 0 Å². The molecule has 30 heavy (non-hydrogen) atoms. The van der Waals surface area contributed by atoms with Crippen LogP contribution in [-0.2, 0) is 4.74 Å². The van der Waals surface area contributed by atoms with Crippen LogP contribution in [0.1, 0.15) is 98.8 Å². The number of allylic oxidation sites excluding steroid dienone is 1. The standard InChI is InChI=1S/C28H48O2/c1-18(2)7-12-26(29)19(3)23-10-11-24-22-9-8-20-17-21(30-6)13-15-27(20,4)25(22)14-16-28(23,24)5/h8,18-19,21-26,29H,7,9-17H2,1-6H3/t19-,21-,22+,23+,24-,25-,26+,27-,28+/m0/s1. The van der Waals surface area contributed by atoms with Crippen LogP contribution >= 0.6 is 0 Å². The Hall–Kier alpha value is -0.340. The molecule has 3 saturated carbocycles. The zero-order chi connectivity index (χ0) is 21.7. The van der Waals surface area contributed by atoms with Crippen molar-refractivity contribution in [1.29, 1.82) is 0 Å². The highest BCUT2D eigenvalue weighted by atomic mass is 16.5. The highest BCUT2D eigenvalue weighted by molar-refractivity contribution is 5.25. The molecule has 0 aromatic heterocycles. The first-order valence-electron chi connectivity index (χ1n) is 13.1. The zero-order valence-corrected chi connectivity index (χ0v) is 20.6. The summed E-state index contributed by atoms with van der Waals surface area (Å²) in [7, 11) is 1.89. The molecule has 1 N–H and O–H groups in total. The normalized spacial score (nSPS) is 45.3. The molecule has 0 aromatic carbocycles. The average Bonchev–Trinajstić information content (AvgIpc) is 3.07. The number of rotatable bonds is 6. The molecule has 2 nitrogen and oxygen atoms in total. The summed E-state index contributed by atoms with van der Waals surface area (Å²) in [5.41, 5.74) is 2.57. The maximum absolute atomic E-state index is 11.0. The molecule has 0 spiro atoms. The zero-order valence-electron chi connectivity index (χ0n) is 20.6. The van der Waals surface area contributed by atoms with Crippen molar-refractivity contribution < 1.29 is 9.84 Å². The van der Waals surface area contributed by atoms with Gasteiger partial charge in [-0.1, -0.05) is 46.3 Å². The van der Waals surface area contributed by atoms with Gasteiger partial charge in [0.15, 0.2) is 0 Å². The van der Waals surface area contributed by atoms with E-state index in [4.69, 9.17) is 4.74 Å². The van der Waals surface area contributed by atoms with Gasteiger partial charge in [0, 0.05) is 7.11 Å². The number of hydrogen-bond donors (Lipinski definition) is 1. The molecule has 0 bridgehead atoms. The minimum absolute atomic E-state index is 0.120. The van der Waals surface area contributed by atoms with Crippen LogP contribution in [0.3, 0.4) is 0 Å². The van der Waals surface area contributed by atoms with E-state index in [9.17, 15) is 5.11 Å². The van der Waals surface area contributed by atoms with Crippen LogP contribution in [0, 0.1) is 46.3 Å². The molecule has 2 heteroatoms. The van der Waals surface area contributed by atoms with E-state index < -0.39 is 0 Å².